The first-order valence-electron chi connectivity index (χ1n) is 4.44. The van der Waals surface area contributed by atoms with E-state index in [2.05, 4.69) is 17.1 Å². The first kappa shape index (κ1) is 9.22. The van der Waals surface area contributed by atoms with Gasteiger partial charge >= 0.3 is 0 Å². The molecule has 2 rings (SSSR count). The number of halogens is 1. The number of hydrogen-bond donors (Lipinski definition) is 0. The fraction of sp³-hybridized carbons (Fsp3) is 0.0833. The lowest BCUT2D eigenvalue weighted by Gasteiger charge is -1.94. The van der Waals surface area contributed by atoms with E-state index in [1.807, 2.05) is 37.4 Å². The predicted molar refractivity (Wildman–Crippen MR) is 61.7 cm³/mol. The Morgan fingerprint density at radius 1 is 1.21 bits per heavy atom. The van der Waals surface area contributed by atoms with E-state index in [9.17, 15) is 0 Å². The molecule has 0 spiro atoms. The molecule has 1 aliphatic heterocycles. The maximum Gasteiger partial charge on any atom is 0.0406 e. The summed E-state index contributed by atoms with van der Waals surface area (Å²) in [4.78, 5) is 4.17. The van der Waals surface area contributed by atoms with Crippen LogP contribution in [0.4, 0.5) is 0 Å². The van der Waals surface area contributed by atoms with Gasteiger partial charge in [0.2, 0.25) is 0 Å². The van der Waals surface area contributed by atoms with Gasteiger partial charge in [0.1, 0.15) is 0 Å². The summed E-state index contributed by atoms with van der Waals surface area (Å²) in [6.07, 6.45) is 5.99. The summed E-state index contributed by atoms with van der Waals surface area (Å²) in [6, 6.07) is 7.75. The number of rotatable bonds is 1. The molecule has 0 fully saturated rings. The first-order chi connectivity index (χ1) is 6.74. The summed E-state index contributed by atoms with van der Waals surface area (Å²) in [6.45, 7) is 1.99. The van der Waals surface area contributed by atoms with Gasteiger partial charge in [-0.3, -0.25) is 4.99 Å². The van der Waals surface area contributed by atoms with E-state index >= 15 is 0 Å². The lowest BCUT2D eigenvalue weighted by molar-refractivity contribution is 1.35. The number of allylic oxidation sites excluding steroid dienone is 3. The van der Waals surface area contributed by atoms with Crippen molar-refractivity contribution < 1.29 is 0 Å². The van der Waals surface area contributed by atoms with E-state index in [0.29, 0.717) is 0 Å². The van der Waals surface area contributed by atoms with Crippen LogP contribution in [0, 0.1) is 0 Å². The minimum Gasteiger partial charge on any atom is -0.261 e. The Morgan fingerprint density at radius 2 is 1.93 bits per heavy atom. The van der Waals surface area contributed by atoms with Gasteiger partial charge in [-0.05, 0) is 42.3 Å². The largest absolute Gasteiger partial charge is 0.261 e. The lowest BCUT2D eigenvalue weighted by Crippen LogP contribution is -1.76. The summed E-state index contributed by atoms with van der Waals surface area (Å²) in [7, 11) is 0. The molecule has 1 aromatic rings. The van der Waals surface area contributed by atoms with Crippen LogP contribution in [0.1, 0.15) is 12.5 Å². The second-order valence-electron chi connectivity index (χ2n) is 3.24. The Balaban J connectivity index is 2.27. The lowest BCUT2D eigenvalue weighted by atomic mass is 10.1. The first-order valence-corrected chi connectivity index (χ1v) is 4.81. The molecule has 1 nitrogen and oxygen atoms in total. The predicted octanol–water partition coefficient (Wildman–Crippen LogP) is 3.71. The van der Waals surface area contributed by atoms with E-state index in [-0.39, 0.29) is 0 Å². The van der Waals surface area contributed by atoms with Crippen molar-refractivity contribution >= 4 is 23.9 Å². The zero-order valence-electron chi connectivity index (χ0n) is 7.87. The third kappa shape index (κ3) is 2.12. The van der Waals surface area contributed by atoms with Crippen LogP contribution in [0.25, 0.3) is 6.08 Å². The molecule has 0 aromatic heterocycles. The zero-order chi connectivity index (χ0) is 9.97. The summed E-state index contributed by atoms with van der Waals surface area (Å²) in [5, 5.41) is 0.763. The second-order valence-corrected chi connectivity index (χ2v) is 3.68. The van der Waals surface area contributed by atoms with Gasteiger partial charge in [0.15, 0.2) is 0 Å². The highest BCUT2D eigenvalue weighted by Gasteiger charge is 1.98. The molecule has 2 heteroatoms. The smallest absolute Gasteiger partial charge is 0.0406 e. The van der Waals surface area contributed by atoms with E-state index in [4.69, 9.17) is 11.6 Å². The molecule has 1 aromatic carbocycles. The van der Waals surface area contributed by atoms with Crippen molar-refractivity contribution in [1.29, 1.82) is 0 Å². The fourth-order valence-corrected chi connectivity index (χ4v) is 1.45. The Bertz CT molecular complexity index is 424. The highest BCUT2D eigenvalue weighted by molar-refractivity contribution is 6.30. The summed E-state index contributed by atoms with van der Waals surface area (Å²) in [5.41, 5.74) is 3.32. The van der Waals surface area contributed by atoms with Gasteiger partial charge in [-0.1, -0.05) is 23.7 Å². The third-order valence-corrected chi connectivity index (χ3v) is 2.25. The van der Waals surface area contributed by atoms with Crippen LogP contribution < -0.4 is 0 Å². The summed E-state index contributed by atoms with van der Waals surface area (Å²) >= 11 is 5.79. The number of hydrogen-bond acceptors (Lipinski definition) is 1. The minimum absolute atomic E-state index is 0.763. The quantitative estimate of drug-likeness (QED) is 0.660. The van der Waals surface area contributed by atoms with E-state index in [1.165, 1.54) is 0 Å². The maximum absolute atomic E-state index is 5.79. The van der Waals surface area contributed by atoms with Gasteiger partial charge in [0.05, 0.1) is 0 Å². The molecule has 70 valence electrons. The topological polar surface area (TPSA) is 12.4 Å². The molecule has 0 amide bonds. The molecule has 1 heterocycles. The van der Waals surface area contributed by atoms with Crippen LogP contribution in [-0.4, -0.2) is 6.21 Å². The second kappa shape index (κ2) is 3.81. The highest BCUT2D eigenvalue weighted by Crippen LogP contribution is 2.16. The van der Waals surface area contributed by atoms with Crippen LogP contribution in [0.5, 0.6) is 0 Å². The third-order valence-electron chi connectivity index (χ3n) is 2.00. The van der Waals surface area contributed by atoms with Crippen molar-refractivity contribution in [3.63, 3.8) is 0 Å². The summed E-state index contributed by atoms with van der Waals surface area (Å²) in [5.74, 6) is 0. The molecule has 14 heavy (non-hydrogen) atoms. The Hall–Kier alpha value is -1.34. The van der Waals surface area contributed by atoms with Crippen LogP contribution in [0.2, 0.25) is 5.02 Å². The van der Waals surface area contributed by atoms with E-state index in [1.54, 1.807) is 0 Å². The molecule has 0 radical (unpaired) electrons. The molecule has 0 unspecified atom stereocenters. The van der Waals surface area contributed by atoms with Crippen molar-refractivity contribution in [1.82, 2.24) is 0 Å². The number of benzene rings is 1. The average molecular weight is 204 g/mol. The standard InChI is InChI=1S/C12H10ClN/c1-9-6-11(8-14-9)7-10-2-4-12(13)5-3-10/h2-8H,1H3/b11-7+. The SMILES string of the molecule is CC1=C/C(=C\c2ccc(Cl)cc2)C=N1. The molecule has 0 aliphatic carbocycles. The monoisotopic (exact) mass is 203 g/mol. The maximum atomic E-state index is 5.79. The molecule has 0 saturated carbocycles. The van der Waals surface area contributed by atoms with Gasteiger partial charge in [-0.2, -0.15) is 0 Å². The average Bonchev–Trinajstić information content (AvgIpc) is 2.56. The van der Waals surface area contributed by atoms with E-state index < -0.39 is 0 Å². The molecule has 0 N–H and O–H groups in total. The zero-order valence-corrected chi connectivity index (χ0v) is 8.62. The minimum atomic E-state index is 0.763. The normalized spacial score (nSPS) is 17.6. The molecular formula is C12H10ClN. The molecule has 1 aliphatic rings. The van der Waals surface area contributed by atoms with Crippen LogP contribution >= 0.6 is 11.6 Å². The Kier molecular flexibility index (Phi) is 2.51. The molecular weight excluding hydrogens is 194 g/mol. The van der Waals surface area contributed by atoms with Crippen molar-refractivity contribution in [3.05, 3.63) is 52.2 Å². The van der Waals surface area contributed by atoms with Crippen molar-refractivity contribution in [3.8, 4) is 0 Å². The van der Waals surface area contributed by atoms with Gasteiger partial charge in [0, 0.05) is 16.9 Å². The van der Waals surface area contributed by atoms with Crippen molar-refractivity contribution in [2.24, 2.45) is 4.99 Å². The van der Waals surface area contributed by atoms with Gasteiger partial charge in [-0.25, -0.2) is 0 Å². The fourth-order valence-electron chi connectivity index (χ4n) is 1.32. The van der Waals surface area contributed by atoms with Crippen LogP contribution in [0.3, 0.4) is 0 Å². The summed E-state index contributed by atoms with van der Waals surface area (Å²) < 4.78 is 0. The van der Waals surface area contributed by atoms with Crippen molar-refractivity contribution in [2.45, 2.75) is 6.92 Å². The van der Waals surface area contributed by atoms with Gasteiger partial charge in [0.25, 0.3) is 0 Å². The number of aliphatic imine (C=N–C) groups is 1. The Morgan fingerprint density at radius 3 is 2.50 bits per heavy atom. The molecule has 0 bridgehead atoms. The van der Waals surface area contributed by atoms with Gasteiger partial charge in [-0.15, -0.1) is 0 Å². The molecule has 0 atom stereocenters. The van der Waals surface area contributed by atoms with Crippen molar-refractivity contribution in [2.75, 3.05) is 0 Å². The highest BCUT2D eigenvalue weighted by atomic mass is 35.5. The number of nitrogens with zero attached hydrogens (tertiary/aromatic N) is 1. The van der Waals surface area contributed by atoms with Crippen LogP contribution in [-0.2, 0) is 0 Å². The van der Waals surface area contributed by atoms with Crippen LogP contribution in [0.15, 0.2) is 46.6 Å². The Labute approximate surface area is 88.4 Å². The molecule has 0 saturated heterocycles. The van der Waals surface area contributed by atoms with Gasteiger partial charge < -0.3 is 0 Å². The van der Waals surface area contributed by atoms with E-state index in [0.717, 1.165) is 21.9 Å².